The third-order valence-electron chi connectivity index (χ3n) is 2.94. The summed E-state index contributed by atoms with van der Waals surface area (Å²) in [5.74, 6) is -3.54. The maximum atomic E-state index is 13.1. The molecular formula is C16H11Cl2F2NO3. The summed E-state index contributed by atoms with van der Waals surface area (Å²) in [4.78, 5) is 23.9. The number of esters is 1. The average Bonchev–Trinajstić information content (AvgIpc) is 2.48. The van der Waals surface area contributed by atoms with E-state index in [0.29, 0.717) is 11.1 Å². The second kappa shape index (κ2) is 7.59. The first-order valence-corrected chi connectivity index (χ1v) is 7.45. The molecule has 1 amide bonds. The summed E-state index contributed by atoms with van der Waals surface area (Å²) in [6.45, 7) is 1.31. The van der Waals surface area contributed by atoms with Crippen LogP contribution in [0.3, 0.4) is 0 Å². The number of hydrogen-bond donors (Lipinski definition) is 1. The average molecular weight is 374 g/mol. The lowest BCUT2D eigenvalue weighted by atomic mass is 10.2. The topological polar surface area (TPSA) is 55.4 Å². The van der Waals surface area contributed by atoms with Gasteiger partial charge in [-0.25, -0.2) is 13.6 Å². The Bertz CT molecular complexity index is 779. The monoisotopic (exact) mass is 373 g/mol. The zero-order valence-electron chi connectivity index (χ0n) is 12.3. The fraction of sp³-hybridized carbons (Fsp3) is 0.125. The number of anilines is 1. The largest absolute Gasteiger partial charge is 0.449 e. The Morgan fingerprint density at radius 2 is 1.71 bits per heavy atom. The Labute approximate surface area is 146 Å². The molecule has 24 heavy (non-hydrogen) atoms. The van der Waals surface area contributed by atoms with Crippen molar-refractivity contribution in [1.82, 2.24) is 0 Å². The molecule has 0 heterocycles. The van der Waals surface area contributed by atoms with Gasteiger partial charge in [0.25, 0.3) is 5.91 Å². The van der Waals surface area contributed by atoms with Gasteiger partial charge in [-0.15, -0.1) is 0 Å². The SMILES string of the molecule is CC(OC(=O)c1cc(F)cc(F)c1)C(=O)Nc1ccc(Cl)cc1Cl. The summed E-state index contributed by atoms with van der Waals surface area (Å²) in [7, 11) is 0. The first-order chi connectivity index (χ1) is 11.3. The van der Waals surface area contributed by atoms with Crippen molar-refractivity contribution >= 4 is 40.8 Å². The molecule has 0 radical (unpaired) electrons. The maximum Gasteiger partial charge on any atom is 0.339 e. The van der Waals surface area contributed by atoms with Crippen molar-refractivity contribution in [2.24, 2.45) is 0 Å². The Kier molecular flexibility index (Phi) is 5.75. The number of nitrogens with one attached hydrogen (secondary N) is 1. The molecule has 126 valence electrons. The summed E-state index contributed by atoms with van der Waals surface area (Å²) in [5, 5.41) is 3.07. The first kappa shape index (κ1) is 18.2. The summed E-state index contributed by atoms with van der Waals surface area (Å²) in [5.41, 5.74) is -0.0533. The molecule has 8 heteroatoms. The standard InChI is InChI=1S/C16H11Cl2F2NO3/c1-8(15(22)21-14-3-2-10(17)6-13(14)18)24-16(23)9-4-11(19)7-12(20)5-9/h2-8H,1H3,(H,21,22). The molecule has 1 unspecified atom stereocenters. The predicted octanol–water partition coefficient (Wildman–Crippen LogP) is 4.46. The molecule has 1 N–H and O–H groups in total. The number of carbonyl (C=O) groups is 2. The van der Waals surface area contributed by atoms with Crippen LogP contribution in [0.15, 0.2) is 36.4 Å². The van der Waals surface area contributed by atoms with E-state index in [9.17, 15) is 18.4 Å². The molecule has 2 aromatic carbocycles. The molecule has 2 aromatic rings. The molecule has 0 fully saturated rings. The Hall–Kier alpha value is -2.18. The van der Waals surface area contributed by atoms with Crippen molar-refractivity contribution in [2.45, 2.75) is 13.0 Å². The quantitative estimate of drug-likeness (QED) is 0.805. The van der Waals surface area contributed by atoms with Gasteiger partial charge in [0.15, 0.2) is 6.10 Å². The van der Waals surface area contributed by atoms with E-state index in [1.165, 1.54) is 25.1 Å². The van der Waals surface area contributed by atoms with Crippen LogP contribution in [0.5, 0.6) is 0 Å². The lowest BCUT2D eigenvalue weighted by Crippen LogP contribution is -2.30. The number of amides is 1. The van der Waals surface area contributed by atoms with Crippen molar-refractivity contribution in [1.29, 1.82) is 0 Å². The van der Waals surface area contributed by atoms with E-state index in [-0.39, 0.29) is 16.3 Å². The third-order valence-corrected chi connectivity index (χ3v) is 3.49. The van der Waals surface area contributed by atoms with E-state index < -0.39 is 29.6 Å². The van der Waals surface area contributed by atoms with Crippen LogP contribution >= 0.6 is 23.2 Å². The van der Waals surface area contributed by atoms with Gasteiger partial charge in [-0.05, 0) is 37.3 Å². The van der Waals surface area contributed by atoms with Gasteiger partial charge < -0.3 is 10.1 Å². The van der Waals surface area contributed by atoms with E-state index in [2.05, 4.69) is 5.32 Å². The number of carbonyl (C=O) groups excluding carboxylic acids is 2. The van der Waals surface area contributed by atoms with Gasteiger partial charge in [-0.2, -0.15) is 0 Å². The molecule has 1 atom stereocenters. The van der Waals surface area contributed by atoms with Crippen LogP contribution in [0.1, 0.15) is 17.3 Å². The Balaban J connectivity index is 2.04. The lowest BCUT2D eigenvalue weighted by Gasteiger charge is -2.14. The van der Waals surface area contributed by atoms with Gasteiger partial charge in [0, 0.05) is 11.1 Å². The lowest BCUT2D eigenvalue weighted by molar-refractivity contribution is -0.123. The summed E-state index contributed by atoms with van der Waals surface area (Å²) >= 11 is 11.7. The molecule has 0 aliphatic rings. The minimum atomic E-state index is -1.21. The molecule has 0 aromatic heterocycles. The molecule has 0 spiro atoms. The zero-order valence-corrected chi connectivity index (χ0v) is 13.8. The van der Waals surface area contributed by atoms with Crippen LogP contribution in [-0.4, -0.2) is 18.0 Å². The van der Waals surface area contributed by atoms with Gasteiger partial charge in [0.2, 0.25) is 0 Å². The van der Waals surface area contributed by atoms with Crippen molar-refractivity contribution < 1.29 is 23.1 Å². The molecule has 0 aliphatic carbocycles. The molecule has 0 aliphatic heterocycles. The van der Waals surface area contributed by atoms with Crippen molar-refractivity contribution in [3.05, 3.63) is 63.6 Å². The van der Waals surface area contributed by atoms with Gasteiger partial charge in [-0.1, -0.05) is 23.2 Å². The maximum absolute atomic E-state index is 13.1. The Morgan fingerprint density at radius 3 is 2.29 bits per heavy atom. The zero-order chi connectivity index (χ0) is 17.9. The van der Waals surface area contributed by atoms with Gasteiger partial charge in [-0.3, -0.25) is 4.79 Å². The van der Waals surface area contributed by atoms with E-state index >= 15 is 0 Å². The third kappa shape index (κ3) is 4.66. The van der Waals surface area contributed by atoms with Crippen LogP contribution in [-0.2, 0) is 9.53 Å². The van der Waals surface area contributed by atoms with Crippen LogP contribution in [0.2, 0.25) is 10.0 Å². The second-order valence-electron chi connectivity index (χ2n) is 4.82. The van der Waals surface area contributed by atoms with Crippen molar-refractivity contribution in [3.63, 3.8) is 0 Å². The van der Waals surface area contributed by atoms with Crippen LogP contribution < -0.4 is 5.32 Å². The van der Waals surface area contributed by atoms with Crippen LogP contribution in [0, 0.1) is 11.6 Å². The van der Waals surface area contributed by atoms with Crippen molar-refractivity contribution in [2.75, 3.05) is 5.32 Å². The number of ether oxygens (including phenoxy) is 1. The van der Waals surface area contributed by atoms with E-state index in [0.717, 1.165) is 12.1 Å². The normalized spacial score (nSPS) is 11.7. The molecule has 0 saturated heterocycles. The number of halogens is 4. The molecular weight excluding hydrogens is 363 g/mol. The van der Waals surface area contributed by atoms with Crippen molar-refractivity contribution in [3.8, 4) is 0 Å². The summed E-state index contributed by atoms with van der Waals surface area (Å²) in [6.07, 6.45) is -1.21. The van der Waals surface area contributed by atoms with Gasteiger partial charge in [0.05, 0.1) is 16.3 Å². The molecule has 0 saturated carbocycles. The second-order valence-corrected chi connectivity index (χ2v) is 5.66. The highest BCUT2D eigenvalue weighted by molar-refractivity contribution is 6.36. The molecule has 0 bridgehead atoms. The fourth-order valence-corrected chi connectivity index (χ4v) is 2.23. The van der Waals surface area contributed by atoms with E-state index in [1.54, 1.807) is 0 Å². The fourth-order valence-electron chi connectivity index (χ4n) is 1.78. The first-order valence-electron chi connectivity index (χ1n) is 6.69. The van der Waals surface area contributed by atoms with E-state index in [1.807, 2.05) is 0 Å². The molecule has 4 nitrogen and oxygen atoms in total. The van der Waals surface area contributed by atoms with Crippen LogP contribution in [0.25, 0.3) is 0 Å². The van der Waals surface area contributed by atoms with Crippen LogP contribution in [0.4, 0.5) is 14.5 Å². The smallest absolute Gasteiger partial charge is 0.339 e. The summed E-state index contributed by atoms with van der Waals surface area (Å²) < 4.78 is 31.1. The summed E-state index contributed by atoms with van der Waals surface area (Å²) in [6, 6.07) is 6.69. The highest BCUT2D eigenvalue weighted by atomic mass is 35.5. The minimum Gasteiger partial charge on any atom is -0.449 e. The number of benzene rings is 2. The van der Waals surface area contributed by atoms with Gasteiger partial charge in [0.1, 0.15) is 11.6 Å². The highest BCUT2D eigenvalue weighted by Gasteiger charge is 2.20. The number of hydrogen-bond acceptors (Lipinski definition) is 3. The Morgan fingerprint density at radius 1 is 1.08 bits per heavy atom. The number of rotatable bonds is 4. The minimum absolute atomic E-state index is 0.210. The predicted molar refractivity (Wildman–Crippen MR) is 86.3 cm³/mol. The highest BCUT2D eigenvalue weighted by Crippen LogP contribution is 2.25. The van der Waals surface area contributed by atoms with Gasteiger partial charge >= 0.3 is 5.97 Å². The molecule has 2 rings (SSSR count). The van der Waals surface area contributed by atoms with E-state index in [4.69, 9.17) is 27.9 Å².